The van der Waals surface area contributed by atoms with Gasteiger partial charge in [-0.25, -0.2) is 13.1 Å². The molecule has 0 aromatic heterocycles. The van der Waals surface area contributed by atoms with E-state index in [4.69, 9.17) is 4.74 Å². The molecule has 0 bridgehead atoms. The Hall–Kier alpha value is -3.00. The monoisotopic (exact) mass is 442 g/mol. The van der Waals surface area contributed by atoms with Crippen LogP contribution in [0.3, 0.4) is 0 Å². The van der Waals surface area contributed by atoms with Gasteiger partial charge in [-0.3, -0.25) is 10.1 Å². The van der Waals surface area contributed by atoms with Crippen molar-refractivity contribution in [2.24, 2.45) is 5.92 Å². The number of ether oxygens (including phenoxy) is 1. The normalized spacial score (nSPS) is 20.4. The number of hydrogen-bond acceptors (Lipinski definition) is 7. The highest BCUT2D eigenvalue weighted by atomic mass is 32.2. The maximum atomic E-state index is 12.4. The van der Waals surface area contributed by atoms with Gasteiger partial charge < -0.3 is 9.64 Å². The van der Waals surface area contributed by atoms with Crippen molar-refractivity contribution in [1.29, 1.82) is 5.26 Å². The summed E-state index contributed by atoms with van der Waals surface area (Å²) in [7, 11) is -3.71. The zero-order valence-electron chi connectivity index (χ0n) is 16.7. The van der Waals surface area contributed by atoms with Crippen molar-refractivity contribution >= 4 is 15.7 Å². The number of nitro groups is 1. The lowest BCUT2D eigenvalue weighted by Crippen LogP contribution is -2.29. The molecule has 0 aliphatic carbocycles. The molecule has 162 valence electrons. The SMILES string of the molecule is N#Cc1ccc2c(c1)C1CN(CCCNS(=O)(=O)c3ccc([N+](=O)[O-])cc3)CC1CO2. The van der Waals surface area contributed by atoms with Crippen molar-refractivity contribution in [1.82, 2.24) is 9.62 Å². The molecule has 1 N–H and O–H groups in total. The smallest absolute Gasteiger partial charge is 0.269 e. The van der Waals surface area contributed by atoms with Gasteiger partial charge in [-0.2, -0.15) is 5.26 Å². The van der Waals surface area contributed by atoms with Crippen molar-refractivity contribution in [3.63, 3.8) is 0 Å². The summed E-state index contributed by atoms with van der Waals surface area (Å²) < 4.78 is 33.2. The van der Waals surface area contributed by atoms with Crippen LogP contribution in [-0.2, 0) is 10.0 Å². The number of nitrogens with one attached hydrogen (secondary N) is 1. The summed E-state index contributed by atoms with van der Waals surface area (Å²) in [6.45, 7) is 3.38. The summed E-state index contributed by atoms with van der Waals surface area (Å²) in [6.07, 6.45) is 0.637. The molecule has 2 atom stereocenters. The Morgan fingerprint density at radius 2 is 2.00 bits per heavy atom. The first-order chi connectivity index (χ1) is 14.9. The number of nitro benzene ring substituents is 1. The van der Waals surface area contributed by atoms with E-state index < -0.39 is 14.9 Å². The first kappa shape index (κ1) is 21.2. The van der Waals surface area contributed by atoms with Crippen molar-refractivity contribution in [2.45, 2.75) is 17.2 Å². The van der Waals surface area contributed by atoms with Gasteiger partial charge in [-0.15, -0.1) is 0 Å². The van der Waals surface area contributed by atoms with E-state index in [1.54, 1.807) is 6.07 Å². The predicted molar refractivity (Wildman–Crippen MR) is 112 cm³/mol. The third kappa shape index (κ3) is 4.54. The van der Waals surface area contributed by atoms with E-state index in [1.807, 2.05) is 12.1 Å². The van der Waals surface area contributed by atoms with Gasteiger partial charge >= 0.3 is 0 Å². The maximum Gasteiger partial charge on any atom is 0.269 e. The highest BCUT2D eigenvalue weighted by Crippen LogP contribution is 2.41. The lowest BCUT2D eigenvalue weighted by molar-refractivity contribution is -0.384. The van der Waals surface area contributed by atoms with Crippen LogP contribution in [0.5, 0.6) is 5.75 Å². The van der Waals surface area contributed by atoms with Gasteiger partial charge in [0.2, 0.25) is 10.0 Å². The standard InChI is InChI=1S/C21H22N4O5S/c22-11-15-2-7-21-19(10-15)20-13-24(12-16(20)14-30-21)9-1-8-23-31(28,29)18-5-3-17(4-6-18)25(26)27/h2-7,10,16,20,23H,1,8-9,12-14H2. The number of hydrogen-bond donors (Lipinski definition) is 1. The average molecular weight is 442 g/mol. The van der Waals surface area contributed by atoms with Gasteiger partial charge in [-0.1, -0.05) is 0 Å². The number of sulfonamides is 1. The van der Waals surface area contributed by atoms with Crippen LogP contribution < -0.4 is 9.46 Å². The van der Waals surface area contributed by atoms with Crippen molar-refractivity contribution in [3.8, 4) is 11.8 Å². The van der Waals surface area contributed by atoms with Gasteiger partial charge in [0, 0.05) is 49.2 Å². The molecule has 4 rings (SSSR count). The van der Waals surface area contributed by atoms with Crippen LogP contribution in [0.15, 0.2) is 47.4 Å². The topological polar surface area (TPSA) is 126 Å². The molecule has 0 radical (unpaired) electrons. The Kier molecular flexibility index (Phi) is 5.91. The summed E-state index contributed by atoms with van der Waals surface area (Å²) >= 11 is 0. The van der Waals surface area contributed by atoms with Crippen LogP contribution in [0.4, 0.5) is 5.69 Å². The van der Waals surface area contributed by atoms with E-state index in [2.05, 4.69) is 15.7 Å². The summed E-state index contributed by atoms with van der Waals surface area (Å²) in [5.41, 5.74) is 1.56. The van der Waals surface area contributed by atoms with E-state index in [9.17, 15) is 23.8 Å². The molecule has 0 amide bonds. The molecule has 2 aliphatic rings. The van der Waals surface area contributed by atoms with Crippen LogP contribution in [0, 0.1) is 27.4 Å². The fourth-order valence-corrected chi connectivity index (χ4v) is 5.31. The molecule has 2 heterocycles. The molecule has 0 spiro atoms. The average Bonchev–Trinajstić information content (AvgIpc) is 3.20. The highest BCUT2D eigenvalue weighted by Gasteiger charge is 2.38. The minimum Gasteiger partial charge on any atom is -0.493 e. The number of likely N-dealkylation sites (tertiary alicyclic amines) is 1. The number of rotatable bonds is 7. The fraction of sp³-hybridized carbons (Fsp3) is 0.381. The molecule has 9 nitrogen and oxygen atoms in total. The largest absolute Gasteiger partial charge is 0.493 e. The molecule has 1 fully saturated rings. The molecule has 10 heteroatoms. The van der Waals surface area contributed by atoms with Crippen LogP contribution in [0.2, 0.25) is 0 Å². The van der Waals surface area contributed by atoms with Crippen LogP contribution in [0.25, 0.3) is 0 Å². The van der Waals surface area contributed by atoms with Crippen molar-refractivity contribution < 1.29 is 18.1 Å². The molecule has 31 heavy (non-hydrogen) atoms. The predicted octanol–water partition coefficient (Wildman–Crippen LogP) is 2.24. The molecule has 2 unspecified atom stereocenters. The third-order valence-corrected chi connectivity index (χ3v) is 7.29. The molecule has 2 aromatic carbocycles. The second kappa shape index (κ2) is 8.63. The molecule has 0 saturated carbocycles. The van der Waals surface area contributed by atoms with E-state index >= 15 is 0 Å². The second-order valence-corrected chi connectivity index (χ2v) is 9.57. The molecule has 1 saturated heterocycles. The first-order valence-electron chi connectivity index (χ1n) is 10.0. The number of benzene rings is 2. The van der Waals surface area contributed by atoms with E-state index in [0.29, 0.717) is 30.4 Å². The Morgan fingerprint density at radius 1 is 1.23 bits per heavy atom. The molecular formula is C21H22N4O5S. The van der Waals surface area contributed by atoms with Gasteiger partial charge in [0.25, 0.3) is 5.69 Å². The Bertz CT molecular complexity index is 1130. The highest BCUT2D eigenvalue weighted by molar-refractivity contribution is 7.89. The Labute approximate surface area is 180 Å². The number of fused-ring (bicyclic) bond motifs is 3. The van der Waals surface area contributed by atoms with E-state index in [-0.39, 0.29) is 17.1 Å². The lowest BCUT2D eigenvalue weighted by Gasteiger charge is -2.27. The van der Waals surface area contributed by atoms with Crippen LogP contribution in [0.1, 0.15) is 23.5 Å². The summed E-state index contributed by atoms with van der Waals surface area (Å²) in [4.78, 5) is 12.4. The zero-order valence-corrected chi connectivity index (χ0v) is 17.5. The number of nitrogens with zero attached hydrogens (tertiary/aromatic N) is 3. The summed E-state index contributed by atoms with van der Waals surface area (Å²) in [5, 5.41) is 19.9. The third-order valence-electron chi connectivity index (χ3n) is 5.81. The lowest BCUT2D eigenvalue weighted by atomic mass is 9.86. The van der Waals surface area contributed by atoms with Gasteiger partial charge in [0.1, 0.15) is 5.75 Å². The molecule has 2 aliphatic heterocycles. The molecule has 2 aromatic rings. The quantitative estimate of drug-likeness (QED) is 0.396. The number of non-ortho nitro benzene ring substituents is 1. The number of nitriles is 1. The van der Waals surface area contributed by atoms with E-state index in [0.717, 1.165) is 30.9 Å². The maximum absolute atomic E-state index is 12.4. The molecular weight excluding hydrogens is 420 g/mol. The van der Waals surface area contributed by atoms with Gasteiger partial charge in [0.05, 0.1) is 28.1 Å². The fourth-order valence-electron chi connectivity index (χ4n) is 4.24. The van der Waals surface area contributed by atoms with E-state index in [1.165, 1.54) is 24.3 Å². The first-order valence-corrected chi connectivity index (χ1v) is 11.5. The summed E-state index contributed by atoms with van der Waals surface area (Å²) in [5.74, 6) is 1.52. The van der Waals surface area contributed by atoms with Crippen LogP contribution in [-0.4, -0.2) is 51.0 Å². The van der Waals surface area contributed by atoms with Gasteiger partial charge in [-0.05, 0) is 43.3 Å². The van der Waals surface area contributed by atoms with Crippen molar-refractivity contribution in [2.75, 3.05) is 32.8 Å². The summed E-state index contributed by atoms with van der Waals surface area (Å²) in [6, 6.07) is 12.5. The minimum absolute atomic E-state index is 0.00680. The zero-order chi connectivity index (χ0) is 22.0. The van der Waals surface area contributed by atoms with Crippen LogP contribution >= 0.6 is 0 Å². The Morgan fingerprint density at radius 3 is 2.71 bits per heavy atom. The minimum atomic E-state index is -3.71. The Balaban J connectivity index is 1.30. The van der Waals surface area contributed by atoms with Gasteiger partial charge in [0.15, 0.2) is 0 Å². The van der Waals surface area contributed by atoms with Crippen molar-refractivity contribution in [3.05, 3.63) is 63.7 Å². The second-order valence-electron chi connectivity index (χ2n) is 7.80.